The first kappa shape index (κ1) is 14.7. The molecule has 1 aromatic carbocycles. The van der Waals surface area contributed by atoms with E-state index in [1.54, 1.807) is 17.1 Å². The summed E-state index contributed by atoms with van der Waals surface area (Å²) >= 11 is 5.79. The molecule has 0 aromatic heterocycles. The highest BCUT2D eigenvalue weighted by Crippen LogP contribution is 2.10. The van der Waals surface area contributed by atoms with Crippen molar-refractivity contribution in [1.82, 2.24) is 10.2 Å². The van der Waals surface area contributed by atoms with Crippen molar-refractivity contribution in [2.45, 2.75) is 6.42 Å². The molecule has 98 valence electrons. The number of rotatable bonds is 6. The van der Waals surface area contributed by atoms with E-state index in [2.05, 4.69) is 5.32 Å². The second-order valence-corrected chi connectivity index (χ2v) is 4.54. The van der Waals surface area contributed by atoms with Crippen molar-refractivity contribution >= 4 is 23.6 Å². The van der Waals surface area contributed by atoms with Gasteiger partial charge in [-0.1, -0.05) is 23.7 Å². The number of nitrogens with one attached hydrogen (secondary N) is 1. The van der Waals surface area contributed by atoms with Crippen LogP contribution < -0.4 is 5.32 Å². The molecule has 1 N–H and O–H groups in total. The fraction of sp³-hybridized carbons (Fsp3) is 0.357. The minimum Gasteiger partial charge on any atom is -0.342 e. The highest BCUT2D eigenvalue weighted by Gasteiger charge is 2.03. The summed E-state index contributed by atoms with van der Waals surface area (Å²) in [6.07, 6.45) is 4.34. The zero-order chi connectivity index (χ0) is 13.4. The standard InChI is InChI=1S/C14H19ClN2O/c1-16-10-3-11-17(2)14(18)9-6-12-4-7-13(15)8-5-12/h4-9,16H,3,10-11H2,1-2H3. The second kappa shape index (κ2) is 7.90. The molecule has 0 aliphatic heterocycles. The first-order chi connectivity index (χ1) is 8.63. The van der Waals surface area contributed by atoms with Crippen LogP contribution in [-0.2, 0) is 4.79 Å². The number of carbonyl (C=O) groups excluding carboxylic acids is 1. The first-order valence-electron chi connectivity index (χ1n) is 5.97. The molecule has 1 rings (SSSR count). The largest absolute Gasteiger partial charge is 0.342 e. The van der Waals surface area contributed by atoms with Crippen LogP contribution in [0.25, 0.3) is 6.08 Å². The van der Waals surface area contributed by atoms with Crippen molar-refractivity contribution < 1.29 is 4.79 Å². The van der Waals surface area contributed by atoms with Gasteiger partial charge in [0.1, 0.15) is 0 Å². The molecule has 0 aliphatic carbocycles. The Balaban J connectivity index is 2.45. The molecule has 18 heavy (non-hydrogen) atoms. The van der Waals surface area contributed by atoms with E-state index in [1.165, 1.54) is 0 Å². The molecule has 4 heteroatoms. The maximum atomic E-state index is 11.8. The van der Waals surface area contributed by atoms with Gasteiger partial charge >= 0.3 is 0 Å². The van der Waals surface area contributed by atoms with Crippen LogP contribution in [0.2, 0.25) is 5.02 Å². The molecule has 0 spiro atoms. The summed E-state index contributed by atoms with van der Waals surface area (Å²) in [4.78, 5) is 13.5. The SMILES string of the molecule is CNCCCN(C)C(=O)C=Cc1ccc(Cl)cc1. The predicted octanol–water partition coefficient (Wildman–Crippen LogP) is 2.42. The first-order valence-corrected chi connectivity index (χ1v) is 6.34. The molecule has 0 heterocycles. The fourth-order valence-corrected chi connectivity index (χ4v) is 1.60. The van der Waals surface area contributed by atoms with Gasteiger partial charge in [0.25, 0.3) is 0 Å². The van der Waals surface area contributed by atoms with Crippen LogP contribution in [0.3, 0.4) is 0 Å². The molecule has 0 fully saturated rings. The molecule has 1 aromatic rings. The molecule has 0 atom stereocenters. The lowest BCUT2D eigenvalue weighted by atomic mass is 10.2. The second-order valence-electron chi connectivity index (χ2n) is 4.10. The summed E-state index contributed by atoms with van der Waals surface area (Å²) in [5.74, 6) is 0.0149. The van der Waals surface area contributed by atoms with E-state index in [9.17, 15) is 4.79 Å². The van der Waals surface area contributed by atoms with Crippen molar-refractivity contribution in [3.63, 3.8) is 0 Å². The molecule has 3 nitrogen and oxygen atoms in total. The molecule has 0 saturated carbocycles. The Hall–Kier alpha value is -1.32. The summed E-state index contributed by atoms with van der Waals surface area (Å²) in [5.41, 5.74) is 0.969. The van der Waals surface area contributed by atoms with Gasteiger partial charge < -0.3 is 10.2 Å². The van der Waals surface area contributed by atoms with Crippen LogP contribution in [0, 0.1) is 0 Å². The maximum Gasteiger partial charge on any atom is 0.246 e. The number of hydrogen-bond acceptors (Lipinski definition) is 2. The Morgan fingerprint density at radius 3 is 2.67 bits per heavy atom. The van der Waals surface area contributed by atoms with Crippen LogP contribution in [0.5, 0.6) is 0 Å². The smallest absolute Gasteiger partial charge is 0.246 e. The number of likely N-dealkylation sites (N-methyl/N-ethyl adjacent to an activating group) is 1. The van der Waals surface area contributed by atoms with E-state index in [4.69, 9.17) is 11.6 Å². The van der Waals surface area contributed by atoms with Gasteiger partial charge in [0, 0.05) is 24.7 Å². The third-order valence-electron chi connectivity index (χ3n) is 2.58. The number of nitrogens with zero attached hydrogens (tertiary/aromatic N) is 1. The average Bonchev–Trinajstić information content (AvgIpc) is 2.38. The number of halogens is 1. The Morgan fingerprint density at radius 1 is 1.39 bits per heavy atom. The van der Waals surface area contributed by atoms with E-state index in [0.717, 1.165) is 25.1 Å². The Morgan fingerprint density at radius 2 is 2.06 bits per heavy atom. The van der Waals surface area contributed by atoms with Crippen LogP contribution >= 0.6 is 11.6 Å². The quantitative estimate of drug-likeness (QED) is 0.634. The molecular weight excluding hydrogens is 248 g/mol. The lowest BCUT2D eigenvalue weighted by Crippen LogP contribution is -2.27. The topological polar surface area (TPSA) is 32.3 Å². The number of amides is 1. The third kappa shape index (κ3) is 5.34. The van der Waals surface area contributed by atoms with Crippen molar-refractivity contribution in [3.8, 4) is 0 Å². The fourth-order valence-electron chi connectivity index (χ4n) is 1.47. The molecule has 0 unspecified atom stereocenters. The van der Waals surface area contributed by atoms with Gasteiger partial charge in [-0.25, -0.2) is 0 Å². The van der Waals surface area contributed by atoms with E-state index < -0.39 is 0 Å². The van der Waals surface area contributed by atoms with E-state index in [1.807, 2.05) is 38.4 Å². The molecule has 0 aliphatic rings. The maximum absolute atomic E-state index is 11.8. The monoisotopic (exact) mass is 266 g/mol. The summed E-state index contributed by atoms with van der Waals surface area (Å²) in [6.45, 7) is 1.67. The van der Waals surface area contributed by atoms with Gasteiger partial charge in [0.05, 0.1) is 0 Å². The molecule has 0 radical (unpaired) electrons. The Kier molecular flexibility index (Phi) is 6.47. The minimum atomic E-state index is 0.0149. The van der Waals surface area contributed by atoms with Crippen LogP contribution in [0.4, 0.5) is 0 Å². The summed E-state index contributed by atoms with van der Waals surface area (Å²) < 4.78 is 0. The molecule has 0 saturated heterocycles. The van der Waals surface area contributed by atoms with Crippen LogP contribution in [-0.4, -0.2) is 38.0 Å². The van der Waals surface area contributed by atoms with Gasteiger partial charge in [0.15, 0.2) is 0 Å². The minimum absolute atomic E-state index is 0.0149. The highest BCUT2D eigenvalue weighted by atomic mass is 35.5. The lowest BCUT2D eigenvalue weighted by Gasteiger charge is -2.14. The van der Waals surface area contributed by atoms with Crippen molar-refractivity contribution in [2.75, 3.05) is 27.2 Å². The predicted molar refractivity (Wildman–Crippen MR) is 76.7 cm³/mol. The van der Waals surface area contributed by atoms with Crippen LogP contribution in [0.1, 0.15) is 12.0 Å². The zero-order valence-corrected chi connectivity index (χ0v) is 11.6. The molecular formula is C14H19ClN2O. The average molecular weight is 267 g/mol. The Labute approximate surface area is 113 Å². The van der Waals surface area contributed by atoms with Crippen molar-refractivity contribution in [1.29, 1.82) is 0 Å². The summed E-state index contributed by atoms with van der Waals surface area (Å²) in [6, 6.07) is 7.38. The van der Waals surface area contributed by atoms with Crippen LogP contribution in [0.15, 0.2) is 30.3 Å². The van der Waals surface area contributed by atoms with E-state index >= 15 is 0 Å². The number of carbonyl (C=O) groups is 1. The molecule has 1 amide bonds. The lowest BCUT2D eigenvalue weighted by molar-refractivity contribution is -0.124. The van der Waals surface area contributed by atoms with Crippen molar-refractivity contribution in [3.05, 3.63) is 40.9 Å². The highest BCUT2D eigenvalue weighted by molar-refractivity contribution is 6.30. The summed E-state index contributed by atoms with van der Waals surface area (Å²) in [5, 5.41) is 3.75. The summed E-state index contributed by atoms with van der Waals surface area (Å²) in [7, 11) is 3.71. The third-order valence-corrected chi connectivity index (χ3v) is 2.84. The normalized spacial score (nSPS) is 10.8. The van der Waals surface area contributed by atoms with Crippen molar-refractivity contribution in [2.24, 2.45) is 0 Å². The molecule has 0 bridgehead atoms. The van der Waals surface area contributed by atoms with Gasteiger partial charge in [0.2, 0.25) is 5.91 Å². The van der Waals surface area contributed by atoms with Gasteiger partial charge in [-0.2, -0.15) is 0 Å². The van der Waals surface area contributed by atoms with E-state index in [-0.39, 0.29) is 5.91 Å². The number of benzene rings is 1. The van der Waals surface area contributed by atoms with Gasteiger partial charge in [-0.3, -0.25) is 4.79 Å². The van der Waals surface area contributed by atoms with Gasteiger partial charge in [-0.15, -0.1) is 0 Å². The zero-order valence-electron chi connectivity index (χ0n) is 10.8. The van der Waals surface area contributed by atoms with E-state index in [0.29, 0.717) is 5.02 Å². The Bertz CT molecular complexity index is 401. The van der Waals surface area contributed by atoms with Gasteiger partial charge in [-0.05, 0) is 43.8 Å². The number of hydrogen-bond donors (Lipinski definition) is 1.